The van der Waals surface area contributed by atoms with Gasteiger partial charge in [-0.1, -0.05) is 11.8 Å². The number of pyridine rings is 1. The lowest BCUT2D eigenvalue weighted by Gasteiger charge is -2.18. The van der Waals surface area contributed by atoms with E-state index in [1.807, 2.05) is 25.3 Å². The maximum atomic E-state index is 13.6. The van der Waals surface area contributed by atoms with Crippen LogP contribution in [0.1, 0.15) is 30.7 Å². The zero-order valence-electron chi connectivity index (χ0n) is 17.7. The van der Waals surface area contributed by atoms with Gasteiger partial charge in [0.15, 0.2) is 0 Å². The Balaban J connectivity index is 1.86. The Morgan fingerprint density at radius 2 is 1.84 bits per heavy atom. The van der Waals surface area contributed by atoms with E-state index in [1.54, 1.807) is 35.3 Å². The first-order valence-corrected chi connectivity index (χ1v) is 10.6. The summed E-state index contributed by atoms with van der Waals surface area (Å²) in [6.07, 6.45) is 5.03. The van der Waals surface area contributed by atoms with E-state index in [0.29, 0.717) is 27.4 Å². The lowest BCUT2D eigenvalue weighted by Crippen LogP contribution is -2.27. The van der Waals surface area contributed by atoms with Gasteiger partial charge in [-0.25, -0.2) is 8.91 Å². The van der Waals surface area contributed by atoms with Crippen LogP contribution >= 0.6 is 11.8 Å². The second kappa shape index (κ2) is 8.12. The fourth-order valence-electron chi connectivity index (χ4n) is 3.44. The minimum atomic E-state index is -0.918. The summed E-state index contributed by atoms with van der Waals surface area (Å²) >= 11 is 1.27. The molecule has 3 heterocycles. The molecule has 0 saturated heterocycles. The van der Waals surface area contributed by atoms with Gasteiger partial charge in [-0.2, -0.15) is 20.7 Å². The molecule has 0 saturated carbocycles. The van der Waals surface area contributed by atoms with Gasteiger partial charge >= 0.3 is 0 Å². The lowest BCUT2D eigenvalue weighted by molar-refractivity contribution is 0.0571. The molecule has 0 atom stereocenters. The number of hydrogen-bond donors (Lipinski definition) is 1. The summed E-state index contributed by atoms with van der Waals surface area (Å²) in [6, 6.07) is 10.1. The number of aromatic nitrogens is 4. The molecule has 160 valence electrons. The molecule has 0 aliphatic heterocycles. The average Bonchev–Trinajstić information content (AvgIpc) is 3.31. The van der Waals surface area contributed by atoms with Crippen LogP contribution in [0.2, 0.25) is 0 Å². The van der Waals surface area contributed by atoms with Crippen molar-refractivity contribution in [2.75, 3.05) is 0 Å². The molecule has 4 rings (SSSR count). The second-order valence-electron chi connectivity index (χ2n) is 8.02. The number of hydrogen-bond acceptors (Lipinski definition) is 6. The van der Waals surface area contributed by atoms with Crippen LogP contribution in [0.15, 0.2) is 52.6 Å². The second-order valence-corrected chi connectivity index (χ2v) is 9.11. The molecule has 32 heavy (non-hydrogen) atoms. The summed E-state index contributed by atoms with van der Waals surface area (Å²) in [7, 11) is 0. The molecule has 1 aromatic carbocycles. The van der Waals surface area contributed by atoms with Gasteiger partial charge in [0.2, 0.25) is 0 Å². The third-order valence-corrected chi connectivity index (χ3v) is 6.04. The van der Waals surface area contributed by atoms with Gasteiger partial charge in [0.25, 0.3) is 0 Å². The van der Waals surface area contributed by atoms with Crippen LogP contribution in [-0.2, 0) is 6.54 Å². The molecule has 0 aliphatic carbocycles. The molecular weight excluding hydrogens is 427 g/mol. The topological polar surface area (TPSA) is 103 Å². The van der Waals surface area contributed by atoms with Gasteiger partial charge < -0.3 is 5.11 Å². The van der Waals surface area contributed by atoms with Gasteiger partial charge in [0.1, 0.15) is 18.0 Å². The Bertz CT molecular complexity index is 1420. The summed E-state index contributed by atoms with van der Waals surface area (Å²) in [5, 5.41) is 37.9. The summed E-state index contributed by atoms with van der Waals surface area (Å²) in [5.74, 6) is -0.485. The Labute approximate surface area is 188 Å². The van der Waals surface area contributed by atoms with E-state index < -0.39 is 11.4 Å². The standard InChI is InChI=1S/C23H19FN6OS/c1-14-19(11-28-30(14)13-23(2,3)31)16-7-21(22-17(9-26)10-27-29(22)12-16)32-20-5-4-18(24)6-15(20)8-25/h4-7,10-12,31H,13H2,1-3H3. The Kier molecular flexibility index (Phi) is 5.47. The number of aliphatic hydroxyl groups is 1. The maximum Gasteiger partial charge on any atom is 0.124 e. The summed E-state index contributed by atoms with van der Waals surface area (Å²) < 4.78 is 17.0. The highest BCUT2D eigenvalue weighted by atomic mass is 32.2. The molecule has 0 fully saturated rings. The predicted octanol–water partition coefficient (Wildman–Crippen LogP) is 4.31. The molecule has 0 amide bonds. The van der Waals surface area contributed by atoms with E-state index >= 15 is 0 Å². The van der Waals surface area contributed by atoms with E-state index in [9.17, 15) is 20.0 Å². The molecule has 4 aromatic rings. The largest absolute Gasteiger partial charge is 0.389 e. The van der Waals surface area contributed by atoms with Gasteiger partial charge in [-0.3, -0.25) is 4.68 Å². The van der Waals surface area contributed by atoms with Crippen LogP contribution in [0.3, 0.4) is 0 Å². The number of benzene rings is 1. The minimum Gasteiger partial charge on any atom is -0.389 e. The first-order valence-electron chi connectivity index (χ1n) is 9.74. The third-order valence-electron chi connectivity index (χ3n) is 4.93. The Morgan fingerprint density at radius 3 is 2.53 bits per heavy atom. The van der Waals surface area contributed by atoms with Crippen LogP contribution in [0.4, 0.5) is 4.39 Å². The van der Waals surface area contributed by atoms with E-state index in [2.05, 4.69) is 16.3 Å². The van der Waals surface area contributed by atoms with E-state index in [1.165, 1.54) is 30.1 Å². The fraction of sp³-hybridized carbons (Fsp3) is 0.217. The van der Waals surface area contributed by atoms with Crippen molar-refractivity contribution in [2.45, 2.75) is 42.7 Å². The first-order chi connectivity index (χ1) is 15.2. The molecule has 1 N–H and O–H groups in total. The predicted molar refractivity (Wildman–Crippen MR) is 117 cm³/mol. The summed E-state index contributed by atoms with van der Waals surface area (Å²) in [6.45, 7) is 5.70. The quantitative estimate of drug-likeness (QED) is 0.490. The molecule has 0 aliphatic rings. The molecule has 7 nitrogen and oxygen atoms in total. The highest BCUT2D eigenvalue weighted by molar-refractivity contribution is 7.99. The number of nitrogens with zero attached hydrogens (tertiary/aromatic N) is 6. The van der Waals surface area contributed by atoms with E-state index in [-0.39, 0.29) is 5.56 Å². The van der Waals surface area contributed by atoms with Crippen molar-refractivity contribution < 1.29 is 9.50 Å². The van der Waals surface area contributed by atoms with Crippen molar-refractivity contribution >= 4 is 17.3 Å². The van der Waals surface area contributed by atoms with Gasteiger partial charge in [-0.15, -0.1) is 0 Å². The zero-order chi connectivity index (χ0) is 23.0. The number of halogens is 1. The first kappa shape index (κ1) is 21.6. The summed E-state index contributed by atoms with van der Waals surface area (Å²) in [4.78, 5) is 1.28. The van der Waals surface area contributed by atoms with Crippen LogP contribution in [0, 0.1) is 35.4 Å². The number of nitriles is 2. The van der Waals surface area contributed by atoms with Crippen molar-refractivity contribution in [3.05, 3.63) is 65.5 Å². The monoisotopic (exact) mass is 446 g/mol. The van der Waals surface area contributed by atoms with Gasteiger partial charge in [-0.05, 0) is 45.0 Å². The molecule has 0 spiro atoms. The molecule has 3 aromatic heterocycles. The number of fused-ring (bicyclic) bond motifs is 1. The van der Waals surface area contributed by atoms with Crippen LogP contribution in [-0.4, -0.2) is 30.1 Å². The third kappa shape index (κ3) is 4.09. The highest BCUT2D eigenvalue weighted by Gasteiger charge is 2.20. The van der Waals surface area contributed by atoms with E-state index in [4.69, 9.17) is 0 Å². The average molecular weight is 447 g/mol. The van der Waals surface area contributed by atoms with Crippen LogP contribution in [0.25, 0.3) is 16.6 Å². The van der Waals surface area contributed by atoms with Crippen molar-refractivity contribution in [2.24, 2.45) is 0 Å². The van der Waals surface area contributed by atoms with Crippen molar-refractivity contribution in [3.8, 4) is 23.3 Å². The molecule has 0 bridgehead atoms. The van der Waals surface area contributed by atoms with Crippen molar-refractivity contribution in [3.63, 3.8) is 0 Å². The number of rotatable bonds is 5. The van der Waals surface area contributed by atoms with Crippen LogP contribution in [0.5, 0.6) is 0 Å². The molecular formula is C23H19FN6OS. The molecule has 0 radical (unpaired) electrons. The molecule has 9 heteroatoms. The zero-order valence-corrected chi connectivity index (χ0v) is 18.5. The molecule has 0 unspecified atom stereocenters. The van der Waals surface area contributed by atoms with Gasteiger partial charge in [0.05, 0.1) is 41.2 Å². The smallest absolute Gasteiger partial charge is 0.124 e. The summed E-state index contributed by atoms with van der Waals surface area (Å²) in [5.41, 5.74) is 2.84. The SMILES string of the molecule is Cc1c(-c2cc(Sc3ccc(F)cc3C#N)c3c(C#N)cnn3c2)cnn1CC(C)(C)O. The van der Waals surface area contributed by atoms with Crippen LogP contribution < -0.4 is 0 Å². The normalized spacial score (nSPS) is 11.5. The fourth-order valence-corrected chi connectivity index (χ4v) is 4.52. The van der Waals surface area contributed by atoms with Gasteiger partial charge in [0, 0.05) is 32.8 Å². The Hall–Kier alpha value is -3.66. The van der Waals surface area contributed by atoms with Crippen molar-refractivity contribution in [1.82, 2.24) is 19.4 Å². The van der Waals surface area contributed by atoms with E-state index in [0.717, 1.165) is 16.8 Å². The minimum absolute atomic E-state index is 0.214. The lowest BCUT2D eigenvalue weighted by atomic mass is 10.1. The maximum absolute atomic E-state index is 13.6. The van der Waals surface area contributed by atoms with Crippen molar-refractivity contribution in [1.29, 1.82) is 10.5 Å². The Morgan fingerprint density at radius 1 is 1.09 bits per heavy atom. The highest BCUT2D eigenvalue weighted by Crippen LogP contribution is 2.37.